The number of hydrogen-bond acceptors (Lipinski definition) is 3. The van der Waals surface area contributed by atoms with Gasteiger partial charge >= 0.3 is 5.97 Å². The van der Waals surface area contributed by atoms with Crippen LogP contribution in [-0.4, -0.2) is 17.0 Å². The Bertz CT molecular complexity index is 855. The van der Waals surface area contributed by atoms with E-state index in [1.165, 1.54) is 6.08 Å². The highest BCUT2D eigenvalue weighted by Gasteiger charge is 2.20. The molecule has 0 radical (unpaired) electrons. The van der Waals surface area contributed by atoms with Crippen LogP contribution in [0.4, 0.5) is 0 Å². The molecule has 0 spiro atoms. The molecule has 0 aliphatic heterocycles. The maximum Gasteiger partial charge on any atom is 0.352 e. The summed E-state index contributed by atoms with van der Waals surface area (Å²) in [6, 6.07) is 14.5. The summed E-state index contributed by atoms with van der Waals surface area (Å²) >= 11 is 3.43. The van der Waals surface area contributed by atoms with E-state index in [0.717, 1.165) is 30.2 Å². The molecule has 0 fully saturated rings. The van der Waals surface area contributed by atoms with Crippen LogP contribution in [0.1, 0.15) is 45.1 Å². The third-order valence-corrected chi connectivity index (χ3v) is 5.04. The van der Waals surface area contributed by atoms with Crippen molar-refractivity contribution in [2.24, 2.45) is 5.92 Å². The molecule has 0 atom stereocenters. The molecular weight excluding hydrogens is 434 g/mol. The van der Waals surface area contributed by atoms with E-state index < -0.39 is 5.97 Å². The molecule has 2 N–H and O–H groups in total. The first-order chi connectivity index (χ1) is 13.9. The molecule has 29 heavy (non-hydrogen) atoms. The van der Waals surface area contributed by atoms with Crippen molar-refractivity contribution in [3.63, 3.8) is 0 Å². The van der Waals surface area contributed by atoms with Crippen LogP contribution >= 0.6 is 15.9 Å². The van der Waals surface area contributed by atoms with Gasteiger partial charge in [-0.2, -0.15) is 0 Å². The van der Waals surface area contributed by atoms with Crippen LogP contribution in [-0.2, 0) is 9.59 Å². The molecule has 154 valence electrons. The molecule has 5 nitrogen and oxygen atoms in total. The number of hydrogen-bond donors (Lipinski definition) is 2. The molecule has 0 unspecified atom stereocenters. The van der Waals surface area contributed by atoms with Crippen molar-refractivity contribution in [1.82, 2.24) is 5.32 Å². The van der Waals surface area contributed by atoms with Gasteiger partial charge in [-0.15, -0.1) is 0 Å². The quantitative estimate of drug-likeness (QED) is 0.427. The van der Waals surface area contributed by atoms with Gasteiger partial charge in [-0.3, -0.25) is 4.79 Å². The Balaban J connectivity index is 2.13. The number of halogens is 1. The van der Waals surface area contributed by atoms with Crippen LogP contribution in [0.15, 0.2) is 58.7 Å². The maximum absolute atomic E-state index is 12.5. The minimum atomic E-state index is -1.17. The van der Waals surface area contributed by atoms with Crippen LogP contribution in [0.3, 0.4) is 0 Å². The summed E-state index contributed by atoms with van der Waals surface area (Å²) in [6.45, 7) is 4.03. The van der Waals surface area contributed by atoms with Crippen LogP contribution in [0.5, 0.6) is 11.5 Å². The predicted molar refractivity (Wildman–Crippen MR) is 118 cm³/mol. The monoisotopic (exact) mass is 459 g/mol. The lowest BCUT2D eigenvalue weighted by atomic mass is 9.97. The molecule has 2 rings (SSSR count). The molecule has 0 bridgehead atoms. The molecule has 0 saturated heterocycles. The molecule has 0 saturated carbocycles. The average molecular weight is 460 g/mol. The lowest BCUT2D eigenvalue weighted by molar-refractivity contribution is -0.135. The zero-order valence-electron chi connectivity index (χ0n) is 16.7. The Morgan fingerprint density at radius 1 is 1.07 bits per heavy atom. The first-order valence-corrected chi connectivity index (χ1v) is 10.5. The van der Waals surface area contributed by atoms with Crippen molar-refractivity contribution in [2.45, 2.75) is 39.5 Å². The molecule has 0 heterocycles. The van der Waals surface area contributed by atoms with Gasteiger partial charge in [0.15, 0.2) is 0 Å². The zero-order chi connectivity index (χ0) is 21.2. The van der Waals surface area contributed by atoms with Gasteiger partial charge in [0.25, 0.3) is 0 Å². The second-order valence-electron chi connectivity index (χ2n) is 6.73. The number of benzene rings is 2. The number of ether oxygens (including phenoxy) is 1. The van der Waals surface area contributed by atoms with Gasteiger partial charge in [-0.1, -0.05) is 51.0 Å². The molecular formula is C23H26BrNO4. The normalized spacial score (nSPS) is 11.4. The number of carbonyl (C=O) groups is 2. The lowest BCUT2D eigenvalue weighted by Gasteiger charge is -2.15. The summed E-state index contributed by atoms with van der Waals surface area (Å²) in [7, 11) is 0. The Labute approximate surface area is 179 Å². The fourth-order valence-electron chi connectivity index (χ4n) is 2.94. The molecule has 0 aromatic heterocycles. The van der Waals surface area contributed by atoms with E-state index in [9.17, 15) is 14.7 Å². The third kappa shape index (κ3) is 7.06. The largest absolute Gasteiger partial charge is 0.477 e. The number of carbonyl (C=O) groups excluding carboxylic acids is 1. The molecule has 1 amide bonds. The van der Waals surface area contributed by atoms with Crippen LogP contribution in [0.25, 0.3) is 6.08 Å². The van der Waals surface area contributed by atoms with Gasteiger partial charge in [0.1, 0.15) is 17.2 Å². The molecule has 2 aromatic rings. The van der Waals surface area contributed by atoms with Crippen molar-refractivity contribution in [1.29, 1.82) is 0 Å². The van der Waals surface area contributed by atoms with Gasteiger partial charge in [-0.05, 0) is 64.7 Å². The Kier molecular flexibility index (Phi) is 8.93. The number of nitrogens with one attached hydrogen (secondary N) is 1. The SMILES string of the molecule is CCCC(CCC)C(=O)N/C(=C/c1ccc(Oc2ccccc2Br)cc1)C(=O)O. The second kappa shape index (κ2) is 11.4. The van der Waals surface area contributed by atoms with Gasteiger partial charge in [0.2, 0.25) is 5.91 Å². The third-order valence-electron chi connectivity index (χ3n) is 4.39. The first kappa shape index (κ1) is 22.7. The lowest BCUT2D eigenvalue weighted by Crippen LogP contribution is -2.33. The number of carboxylic acid groups (broad SMARTS) is 1. The number of carboxylic acids is 1. The van der Waals surface area contributed by atoms with Crippen molar-refractivity contribution in [3.05, 3.63) is 64.3 Å². The van der Waals surface area contributed by atoms with Gasteiger partial charge < -0.3 is 15.2 Å². The van der Waals surface area contributed by atoms with E-state index in [0.29, 0.717) is 17.1 Å². The number of rotatable bonds is 10. The van der Waals surface area contributed by atoms with Crippen molar-refractivity contribution >= 4 is 33.9 Å². The molecule has 0 aliphatic rings. The smallest absolute Gasteiger partial charge is 0.352 e. The predicted octanol–water partition coefficient (Wildman–Crippen LogP) is 6.00. The topological polar surface area (TPSA) is 75.6 Å². The van der Waals surface area contributed by atoms with Gasteiger partial charge in [0.05, 0.1) is 4.47 Å². The van der Waals surface area contributed by atoms with Gasteiger partial charge in [0, 0.05) is 5.92 Å². The zero-order valence-corrected chi connectivity index (χ0v) is 18.2. The number of para-hydroxylation sites is 1. The minimum Gasteiger partial charge on any atom is -0.477 e. The van der Waals surface area contributed by atoms with Crippen LogP contribution in [0.2, 0.25) is 0 Å². The van der Waals surface area contributed by atoms with E-state index in [4.69, 9.17) is 4.74 Å². The van der Waals surface area contributed by atoms with E-state index in [2.05, 4.69) is 21.2 Å². The van der Waals surface area contributed by atoms with Crippen molar-refractivity contribution in [2.75, 3.05) is 0 Å². The molecule has 6 heteroatoms. The average Bonchev–Trinajstić information content (AvgIpc) is 2.70. The fraction of sp³-hybridized carbons (Fsp3) is 0.304. The summed E-state index contributed by atoms with van der Waals surface area (Å²) in [5, 5.41) is 12.1. The van der Waals surface area contributed by atoms with Crippen LogP contribution < -0.4 is 10.1 Å². The Morgan fingerprint density at radius 3 is 2.24 bits per heavy atom. The van der Waals surface area contributed by atoms with E-state index in [-0.39, 0.29) is 17.5 Å². The summed E-state index contributed by atoms with van der Waals surface area (Å²) in [5.41, 5.74) is 0.524. The second-order valence-corrected chi connectivity index (χ2v) is 7.58. The standard InChI is InChI=1S/C23H26BrNO4/c1-3-7-17(8-4-2)22(26)25-20(23(27)28)15-16-11-13-18(14-12-16)29-21-10-6-5-9-19(21)24/h5-6,9-15,17H,3-4,7-8H2,1-2H3,(H,25,26)(H,27,28)/b20-15+. The number of aliphatic carboxylic acids is 1. The summed E-state index contributed by atoms with van der Waals surface area (Å²) in [4.78, 5) is 24.1. The van der Waals surface area contributed by atoms with E-state index in [1.807, 2.05) is 38.1 Å². The molecule has 0 aliphatic carbocycles. The minimum absolute atomic E-state index is 0.133. The molecule has 2 aromatic carbocycles. The fourth-order valence-corrected chi connectivity index (χ4v) is 3.31. The highest BCUT2D eigenvalue weighted by atomic mass is 79.9. The first-order valence-electron chi connectivity index (χ1n) is 9.72. The highest BCUT2D eigenvalue weighted by Crippen LogP contribution is 2.29. The van der Waals surface area contributed by atoms with Crippen molar-refractivity contribution in [3.8, 4) is 11.5 Å². The van der Waals surface area contributed by atoms with Crippen molar-refractivity contribution < 1.29 is 19.4 Å². The summed E-state index contributed by atoms with van der Waals surface area (Å²) in [6.07, 6.45) is 4.70. The van der Waals surface area contributed by atoms with Crippen LogP contribution in [0, 0.1) is 5.92 Å². The highest BCUT2D eigenvalue weighted by molar-refractivity contribution is 9.10. The summed E-state index contributed by atoms with van der Waals surface area (Å²) < 4.78 is 6.65. The Morgan fingerprint density at radius 2 is 1.69 bits per heavy atom. The number of amides is 1. The maximum atomic E-state index is 12.5. The van der Waals surface area contributed by atoms with Gasteiger partial charge in [-0.25, -0.2) is 4.79 Å². The van der Waals surface area contributed by atoms with E-state index in [1.54, 1.807) is 24.3 Å². The Hall–Kier alpha value is -2.60. The van der Waals surface area contributed by atoms with E-state index >= 15 is 0 Å². The summed E-state index contributed by atoms with van der Waals surface area (Å²) in [5.74, 6) is -0.268.